The fourth-order valence-electron chi connectivity index (χ4n) is 7.61. The van der Waals surface area contributed by atoms with Crippen molar-refractivity contribution in [2.75, 3.05) is 13.7 Å². The highest BCUT2D eigenvalue weighted by molar-refractivity contribution is 5.87. The summed E-state index contributed by atoms with van der Waals surface area (Å²) >= 11 is 0. The molecule has 0 radical (unpaired) electrons. The SMILES string of the molecule is COc1ccc2nc3c(nc2c1)O[C@H]1CN(C(=O)[C@H](C2(C)CCCCC2)CC(=O)O[C@@H]2C[C@H]2CCCCC3)[C@H](C=O)[C@@H]1C. The maximum atomic E-state index is 14.4. The Morgan fingerprint density at radius 2 is 1.79 bits per heavy atom. The highest BCUT2D eigenvalue weighted by atomic mass is 16.5. The number of carbonyl (C=O) groups excluding carboxylic acids is 3. The lowest BCUT2D eigenvalue weighted by atomic mass is 9.65. The van der Waals surface area contributed by atoms with E-state index in [0.717, 1.165) is 81.7 Å². The maximum absolute atomic E-state index is 14.4. The molecule has 1 aromatic heterocycles. The van der Waals surface area contributed by atoms with E-state index in [0.29, 0.717) is 29.5 Å². The molecule has 0 spiro atoms. The van der Waals surface area contributed by atoms with Crippen molar-refractivity contribution in [3.63, 3.8) is 0 Å². The van der Waals surface area contributed by atoms with Gasteiger partial charge < -0.3 is 23.9 Å². The van der Waals surface area contributed by atoms with Gasteiger partial charge in [-0.25, -0.2) is 9.97 Å². The molecule has 0 N–H and O–H groups in total. The quantitative estimate of drug-likeness (QED) is 0.342. The molecule has 6 atom stereocenters. The number of aromatic nitrogens is 2. The topological polar surface area (TPSA) is 108 Å². The standard InChI is InChI=1S/C34H45N3O6/c1-21-28(20-38)37-19-30(21)43-32-26(35-25-13-12-23(41-3)17-27(25)36-32)11-7-4-6-10-22-16-29(22)42-31(39)18-24(33(37)40)34(2)14-8-5-9-15-34/h12-13,17,20-22,24,28-30H,4-11,14-16,18-19H2,1-3H3/t21-,22+,24+,28+,29+,30-/m0/s1. The second-order valence-electron chi connectivity index (χ2n) is 13.6. The predicted molar refractivity (Wildman–Crippen MR) is 161 cm³/mol. The number of nitrogens with zero attached hydrogens (tertiary/aromatic N) is 3. The van der Waals surface area contributed by atoms with Crippen LogP contribution in [-0.4, -0.2) is 64.9 Å². The van der Waals surface area contributed by atoms with Crippen molar-refractivity contribution in [3.05, 3.63) is 23.9 Å². The number of hydrogen-bond donors (Lipinski definition) is 0. The summed E-state index contributed by atoms with van der Waals surface area (Å²) in [5.74, 6) is 0.336. The second kappa shape index (κ2) is 12.4. The molecule has 1 aromatic carbocycles. The van der Waals surface area contributed by atoms with E-state index < -0.39 is 18.1 Å². The fraction of sp³-hybridized carbons (Fsp3) is 0.676. The highest BCUT2D eigenvalue weighted by Crippen LogP contribution is 2.46. The van der Waals surface area contributed by atoms with E-state index >= 15 is 0 Å². The molecule has 0 unspecified atom stereocenters. The summed E-state index contributed by atoms with van der Waals surface area (Å²) in [7, 11) is 1.62. The number of benzene rings is 1. The molecule has 2 aliphatic carbocycles. The molecule has 9 heteroatoms. The molecule has 2 saturated carbocycles. The molecule has 2 bridgehead atoms. The Bertz CT molecular complexity index is 1360. The summed E-state index contributed by atoms with van der Waals surface area (Å²) in [4.78, 5) is 51.7. The number of amides is 1. The van der Waals surface area contributed by atoms with Crippen molar-refractivity contribution in [1.29, 1.82) is 0 Å². The third-order valence-corrected chi connectivity index (χ3v) is 10.6. The zero-order chi connectivity index (χ0) is 30.1. The van der Waals surface area contributed by atoms with Gasteiger partial charge in [0, 0.05) is 12.0 Å². The number of fused-ring (bicyclic) bond motifs is 5. The number of methoxy groups -OCH3 is 1. The minimum absolute atomic E-state index is 0.0384. The van der Waals surface area contributed by atoms with Crippen LogP contribution in [0.4, 0.5) is 0 Å². The number of esters is 1. The number of rotatable bonds is 3. The number of aldehydes is 1. The van der Waals surface area contributed by atoms with Gasteiger partial charge in [0.05, 0.1) is 43.1 Å². The average molecular weight is 592 g/mol. The molecule has 3 heterocycles. The lowest BCUT2D eigenvalue weighted by molar-refractivity contribution is -0.155. The van der Waals surface area contributed by atoms with E-state index in [1.807, 2.05) is 25.1 Å². The number of carbonyl (C=O) groups is 3. The van der Waals surface area contributed by atoms with Gasteiger partial charge >= 0.3 is 5.97 Å². The number of ether oxygens (including phenoxy) is 3. The average Bonchev–Trinajstić information content (AvgIpc) is 3.66. The van der Waals surface area contributed by atoms with Crippen LogP contribution in [0.3, 0.4) is 0 Å². The Kier molecular flexibility index (Phi) is 8.60. The minimum Gasteiger partial charge on any atom is -0.497 e. The van der Waals surface area contributed by atoms with Gasteiger partial charge in [-0.15, -0.1) is 0 Å². The third-order valence-electron chi connectivity index (χ3n) is 10.6. The summed E-state index contributed by atoms with van der Waals surface area (Å²) in [5.41, 5.74) is 1.93. The van der Waals surface area contributed by atoms with Crippen LogP contribution < -0.4 is 9.47 Å². The molecule has 1 amide bonds. The van der Waals surface area contributed by atoms with Crippen molar-refractivity contribution in [1.82, 2.24) is 14.9 Å². The Morgan fingerprint density at radius 3 is 2.56 bits per heavy atom. The lowest BCUT2D eigenvalue weighted by Gasteiger charge is -2.41. The van der Waals surface area contributed by atoms with Gasteiger partial charge in [0.2, 0.25) is 11.8 Å². The van der Waals surface area contributed by atoms with Crippen molar-refractivity contribution in [2.45, 2.75) is 109 Å². The van der Waals surface area contributed by atoms with Crippen LogP contribution in [0.25, 0.3) is 11.0 Å². The van der Waals surface area contributed by atoms with E-state index in [2.05, 4.69) is 6.92 Å². The van der Waals surface area contributed by atoms with Gasteiger partial charge in [-0.2, -0.15) is 0 Å². The van der Waals surface area contributed by atoms with Crippen LogP contribution >= 0.6 is 0 Å². The molecule has 9 nitrogen and oxygen atoms in total. The van der Waals surface area contributed by atoms with Crippen LogP contribution in [0.5, 0.6) is 11.6 Å². The molecular formula is C34H45N3O6. The van der Waals surface area contributed by atoms with Crippen molar-refractivity contribution in [2.24, 2.45) is 23.2 Å². The largest absolute Gasteiger partial charge is 0.497 e. The van der Waals surface area contributed by atoms with Crippen LogP contribution in [0.15, 0.2) is 18.2 Å². The lowest BCUT2D eigenvalue weighted by Crippen LogP contribution is -2.48. The van der Waals surface area contributed by atoms with Gasteiger partial charge in [0.1, 0.15) is 29.9 Å². The number of hydrogen-bond acceptors (Lipinski definition) is 8. The summed E-state index contributed by atoms with van der Waals surface area (Å²) in [5, 5.41) is 0. The van der Waals surface area contributed by atoms with Crippen molar-refractivity contribution < 1.29 is 28.6 Å². The Labute approximate surface area is 254 Å². The van der Waals surface area contributed by atoms with Gasteiger partial charge in [-0.3, -0.25) is 9.59 Å². The molecule has 4 aliphatic rings. The van der Waals surface area contributed by atoms with E-state index in [1.54, 1.807) is 12.0 Å². The molecule has 1 saturated heterocycles. The third kappa shape index (κ3) is 6.22. The van der Waals surface area contributed by atoms with Crippen molar-refractivity contribution >= 4 is 29.2 Å². The van der Waals surface area contributed by atoms with E-state index in [4.69, 9.17) is 24.2 Å². The first-order valence-corrected chi connectivity index (χ1v) is 16.3. The molecule has 3 fully saturated rings. The Morgan fingerprint density at radius 1 is 1.00 bits per heavy atom. The van der Waals surface area contributed by atoms with Crippen LogP contribution in [0, 0.1) is 23.2 Å². The summed E-state index contributed by atoms with van der Waals surface area (Å²) in [6, 6.07) is 4.99. The predicted octanol–water partition coefficient (Wildman–Crippen LogP) is 5.46. The van der Waals surface area contributed by atoms with Crippen LogP contribution in [0.2, 0.25) is 0 Å². The fourth-order valence-corrected chi connectivity index (χ4v) is 7.61. The number of aryl methyl sites for hydroxylation is 1. The molecule has 43 heavy (non-hydrogen) atoms. The van der Waals surface area contributed by atoms with Crippen LogP contribution in [-0.2, 0) is 25.5 Å². The zero-order valence-electron chi connectivity index (χ0n) is 25.8. The Hall–Kier alpha value is -3.23. The first-order valence-electron chi connectivity index (χ1n) is 16.3. The Balaban J connectivity index is 1.34. The molecular weight excluding hydrogens is 546 g/mol. The van der Waals surface area contributed by atoms with E-state index in [9.17, 15) is 14.4 Å². The van der Waals surface area contributed by atoms with Crippen molar-refractivity contribution in [3.8, 4) is 11.6 Å². The molecule has 2 aromatic rings. The minimum atomic E-state index is -0.643. The van der Waals surface area contributed by atoms with Gasteiger partial charge in [-0.1, -0.05) is 46.0 Å². The second-order valence-corrected chi connectivity index (χ2v) is 13.6. The smallest absolute Gasteiger partial charge is 0.306 e. The van der Waals surface area contributed by atoms with Gasteiger partial charge in [-0.05, 0) is 62.0 Å². The van der Waals surface area contributed by atoms with E-state index in [-0.39, 0.29) is 42.3 Å². The summed E-state index contributed by atoms with van der Waals surface area (Å²) in [6.45, 7) is 4.35. The maximum Gasteiger partial charge on any atom is 0.306 e. The van der Waals surface area contributed by atoms with Gasteiger partial charge in [0.15, 0.2) is 0 Å². The highest BCUT2D eigenvalue weighted by Gasteiger charge is 2.50. The monoisotopic (exact) mass is 591 g/mol. The first kappa shape index (κ1) is 29.8. The first-order chi connectivity index (χ1) is 20.8. The normalized spacial score (nSPS) is 31.6. The molecule has 2 aliphatic heterocycles. The summed E-state index contributed by atoms with van der Waals surface area (Å²) in [6.07, 6.45) is 11.1. The zero-order valence-corrected chi connectivity index (χ0v) is 25.8. The van der Waals surface area contributed by atoms with E-state index in [1.165, 1.54) is 0 Å². The van der Waals surface area contributed by atoms with Gasteiger partial charge in [0.25, 0.3) is 0 Å². The van der Waals surface area contributed by atoms with Crippen LogP contribution in [0.1, 0.15) is 90.2 Å². The summed E-state index contributed by atoms with van der Waals surface area (Å²) < 4.78 is 17.9. The molecule has 232 valence electrons. The molecule has 6 rings (SSSR count).